The molecule has 3 rings (SSSR count). The van der Waals surface area contributed by atoms with Crippen LogP contribution in [0.1, 0.15) is 18.4 Å². The molecule has 1 aliphatic heterocycles. The minimum Gasteiger partial charge on any atom is -0.338 e. The van der Waals surface area contributed by atoms with E-state index in [1.54, 1.807) is 18.0 Å². The molecule has 0 spiro atoms. The first-order chi connectivity index (χ1) is 11.0. The van der Waals surface area contributed by atoms with Gasteiger partial charge in [-0.1, -0.05) is 12.1 Å². The summed E-state index contributed by atoms with van der Waals surface area (Å²) in [4.78, 5) is 26.1. The molecular formula is C16H19FN4O2. The molecule has 1 aromatic carbocycles. The molecule has 0 saturated carbocycles. The standard InChI is InChI=1S/C16H19FN4O2/c1-19-11-18-21(16(19)23)10-15(22)20-7-3-6-14(20)9-12-4-2-5-13(17)8-12/h2,4-5,8,11,14H,3,6-7,9-10H2,1H3/t14-/m0/s1. The molecule has 0 unspecified atom stereocenters. The molecule has 0 bridgehead atoms. The Morgan fingerprint density at radius 3 is 2.96 bits per heavy atom. The summed E-state index contributed by atoms with van der Waals surface area (Å²) in [6.07, 6.45) is 3.83. The van der Waals surface area contributed by atoms with E-state index in [0.29, 0.717) is 13.0 Å². The normalized spacial score (nSPS) is 17.7. The predicted molar refractivity (Wildman–Crippen MR) is 82.3 cm³/mol. The Hall–Kier alpha value is -2.44. The molecule has 0 aliphatic carbocycles. The van der Waals surface area contributed by atoms with Crippen molar-refractivity contribution >= 4 is 5.91 Å². The molecule has 0 N–H and O–H groups in total. The van der Waals surface area contributed by atoms with Gasteiger partial charge in [0.15, 0.2) is 0 Å². The van der Waals surface area contributed by atoms with E-state index in [1.165, 1.54) is 27.7 Å². The van der Waals surface area contributed by atoms with Crippen molar-refractivity contribution in [3.8, 4) is 0 Å². The molecule has 1 saturated heterocycles. The maximum Gasteiger partial charge on any atom is 0.345 e. The maximum atomic E-state index is 13.3. The molecule has 2 aromatic rings. The van der Waals surface area contributed by atoms with Gasteiger partial charge in [0.2, 0.25) is 5.91 Å². The first kappa shape index (κ1) is 15.5. The highest BCUT2D eigenvalue weighted by molar-refractivity contribution is 5.76. The van der Waals surface area contributed by atoms with Crippen molar-refractivity contribution in [2.45, 2.75) is 31.8 Å². The number of hydrogen-bond donors (Lipinski definition) is 0. The topological polar surface area (TPSA) is 60.1 Å². The van der Waals surface area contributed by atoms with Crippen molar-refractivity contribution in [1.29, 1.82) is 0 Å². The fraction of sp³-hybridized carbons (Fsp3) is 0.438. The second-order valence-corrected chi connectivity index (χ2v) is 5.90. The van der Waals surface area contributed by atoms with Crippen LogP contribution < -0.4 is 5.69 Å². The summed E-state index contributed by atoms with van der Waals surface area (Å²) in [5.41, 5.74) is 0.573. The number of likely N-dealkylation sites (tertiary alicyclic amines) is 1. The average molecular weight is 318 g/mol. The number of amides is 1. The van der Waals surface area contributed by atoms with Gasteiger partial charge in [0.1, 0.15) is 18.7 Å². The molecule has 1 amide bonds. The van der Waals surface area contributed by atoms with E-state index in [4.69, 9.17) is 0 Å². The molecule has 122 valence electrons. The molecule has 7 heteroatoms. The molecule has 0 radical (unpaired) electrons. The lowest BCUT2D eigenvalue weighted by Gasteiger charge is -2.24. The lowest BCUT2D eigenvalue weighted by Crippen LogP contribution is -2.40. The van der Waals surface area contributed by atoms with Gasteiger partial charge in [0.25, 0.3) is 0 Å². The third-order valence-electron chi connectivity index (χ3n) is 4.23. The molecular weight excluding hydrogens is 299 g/mol. The van der Waals surface area contributed by atoms with Crippen LogP contribution in [-0.4, -0.2) is 37.7 Å². The summed E-state index contributed by atoms with van der Waals surface area (Å²) in [6.45, 7) is 0.611. The van der Waals surface area contributed by atoms with Crippen molar-refractivity contribution in [2.24, 2.45) is 7.05 Å². The highest BCUT2D eigenvalue weighted by Gasteiger charge is 2.29. The van der Waals surface area contributed by atoms with Gasteiger partial charge < -0.3 is 4.90 Å². The van der Waals surface area contributed by atoms with Gasteiger partial charge in [-0.15, -0.1) is 0 Å². The van der Waals surface area contributed by atoms with Crippen LogP contribution in [0.15, 0.2) is 35.4 Å². The van der Waals surface area contributed by atoms with Gasteiger partial charge in [0.05, 0.1) is 0 Å². The Balaban J connectivity index is 1.69. The Kier molecular flexibility index (Phi) is 4.27. The van der Waals surface area contributed by atoms with E-state index in [0.717, 1.165) is 18.4 Å². The Morgan fingerprint density at radius 2 is 2.26 bits per heavy atom. The third-order valence-corrected chi connectivity index (χ3v) is 4.23. The van der Waals surface area contributed by atoms with Gasteiger partial charge in [-0.25, -0.2) is 13.9 Å². The summed E-state index contributed by atoms with van der Waals surface area (Å²) < 4.78 is 15.8. The lowest BCUT2D eigenvalue weighted by molar-refractivity contribution is -0.132. The van der Waals surface area contributed by atoms with E-state index in [1.807, 2.05) is 6.07 Å². The minimum atomic E-state index is -0.306. The van der Waals surface area contributed by atoms with Crippen molar-refractivity contribution in [3.63, 3.8) is 0 Å². The van der Waals surface area contributed by atoms with E-state index in [9.17, 15) is 14.0 Å². The van der Waals surface area contributed by atoms with Gasteiger partial charge >= 0.3 is 5.69 Å². The van der Waals surface area contributed by atoms with Crippen LogP contribution in [0.4, 0.5) is 4.39 Å². The van der Waals surface area contributed by atoms with E-state index >= 15 is 0 Å². The second-order valence-electron chi connectivity index (χ2n) is 5.90. The number of halogens is 1. The highest BCUT2D eigenvalue weighted by atomic mass is 19.1. The summed E-state index contributed by atoms with van der Waals surface area (Å²) >= 11 is 0. The fourth-order valence-electron chi connectivity index (χ4n) is 3.06. The highest BCUT2D eigenvalue weighted by Crippen LogP contribution is 2.22. The van der Waals surface area contributed by atoms with E-state index < -0.39 is 0 Å². The Bertz CT molecular complexity index is 767. The number of carbonyl (C=O) groups excluding carboxylic acids is 1. The van der Waals surface area contributed by atoms with E-state index in [-0.39, 0.29) is 30.0 Å². The lowest BCUT2D eigenvalue weighted by atomic mass is 10.0. The minimum absolute atomic E-state index is 0.0451. The average Bonchev–Trinajstić information content (AvgIpc) is 3.09. The van der Waals surface area contributed by atoms with Crippen LogP contribution in [0, 0.1) is 5.82 Å². The molecule has 23 heavy (non-hydrogen) atoms. The largest absolute Gasteiger partial charge is 0.345 e. The molecule has 1 aromatic heterocycles. The Morgan fingerprint density at radius 1 is 1.43 bits per heavy atom. The molecule has 6 nitrogen and oxygen atoms in total. The van der Waals surface area contributed by atoms with Crippen LogP contribution in [0.3, 0.4) is 0 Å². The van der Waals surface area contributed by atoms with Gasteiger partial charge in [-0.05, 0) is 37.0 Å². The first-order valence-corrected chi connectivity index (χ1v) is 7.67. The SMILES string of the molecule is Cn1cnn(CC(=O)N2CCC[C@H]2Cc2cccc(F)c2)c1=O. The third kappa shape index (κ3) is 3.33. The molecule has 1 fully saturated rings. The number of aryl methyl sites for hydroxylation is 1. The number of carbonyl (C=O) groups is 1. The summed E-state index contributed by atoms with van der Waals surface area (Å²) in [6, 6.07) is 6.51. The van der Waals surface area contributed by atoms with Crippen LogP contribution in [0.5, 0.6) is 0 Å². The van der Waals surface area contributed by atoms with Gasteiger partial charge in [0, 0.05) is 19.6 Å². The number of benzene rings is 1. The van der Waals surface area contributed by atoms with Crippen LogP contribution in [0.2, 0.25) is 0 Å². The number of hydrogen-bond acceptors (Lipinski definition) is 3. The number of nitrogens with zero attached hydrogens (tertiary/aromatic N) is 4. The predicted octanol–water partition coefficient (Wildman–Crippen LogP) is 0.955. The maximum absolute atomic E-state index is 13.3. The first-order valence-electron chi connectivity index (χ1n) is 7.67. The molecule has 1 aliphatic rings. The monoisotopic (exact) mass is 318 g/mol. The fourth-order valence-corrected chi connectivity index (χ4v) is 3.06. The zero-order chi connectivity index (χ0) is 16.4. The van der Waals surface area contributed by atoms with Crippen molar-refractivity contribution in [3.05, 3.63) is 52.5 Å². The summed E-state index contributed by atoms with van der Waals surface area (Å²) in [5.74, 6) is -0.386. The number of rotatable bonds is 4. The van der Waals surface area contributed by atoms with Crippen LogP contribution in [0.25, 0.3) is 0 Å². The summed E-state index contributed by atoms with van der Waals surface area (Å²) in [5, 5.41) is 3.92. The Labute approximate surface area is 133 Å². The van der Waals surface area contributed by atoms with Gasteiger partial charge in [-0.2, -0.15) is 5.10 Å². The van der Waals surface area contributed by atoms with Crippen LogP contribution in [-0.2, 0) is 24.8 Å². The smallest absolute Gasteiger partial charge is 0.338 e. The zero-order valence-electron chi connectivity index (χ0n) is 13.0. The van der Waals surface area contributed by atoms with Crippen molar-refractivity contribution in [2.75, 3.05) is 6.54 Å². The summed E-state index contributed by atoms with van der Waals surface area (Å²) in [7, 11) is 1.60. The van der Waals surface area contributed by atoms with E-state index in [2.05, 4.69) is 5.10 Å². The molecule has 2 heterocycles. The van der Waals surface area contributed by atoms with Crippen molar-refractivity contribution in [1.82, 2.24) is 19.2 Å². The van der Waals surface area contributed by atoms with Crippen LogP contribution >= 0.6 is 0 Å². The van der Waals surface area contributed by atoms with Crippen molar-refractivity contribution < 1.29 is 9.18 Å². The quantitative estimate of drug-likeness (QED) is 0.843. The second kappa shape index (κ2) is 6.36. The number of aromatic nitrogens is 3. The molecule has 1 atom stereocenters. The van der Waals surface area contributed by atoms with Gasteiger partial charge in [-0.3, -0.25) is 9.36 Å². The zero-order valence-corrected chi connectivity index (χ0v) is 13.0.